The zero-order chi connectivity index (χ0) is 20.1. The lowest BCUT2D eigenvalue weighted by molar-refractivity contribution is -0.146. The highest BCUT2D eigenvalue weighted by Gasteiger charge is 2.13. The number of esters is 1. The van der Waals surface area contributed by atoms with Crippen LogP contribution in [0.25, 0.3) is 10.6 Å². The molecule has 0 unspecified atom stereocenters. The Balaban J connectivity index is 1.50. The number of halogens is 2. The van der Waals surface area contributed by atoms with Gasteiger partial charge in [-0.15, -0.1) is 11.3 Å². The van der Waals surface area contributed by atoms with Gasteiger partial charge in [0, 0.05) is 20.4 Å². The molecule has 8 heteroatoms. The lowest BCUT2D eigenvalue weighted by atomic mass is 10.2. The van der Waals surface area contributed by atoms with Gasteiger partial charge < -0.3 is 10.1 Å². The Morgan fingerprint density at radius 1 is 1.21 bits per heavy atom. The number of hydrogen-bond donors (Lipinski definition) is 1. The smallest absolute Gasteiger partial charge is 0.312 e. The second kappa shape index (κ2) is 9.32. The summed E-state index contributed by atoms with van der Waals surface area (Å²) in [7, 11) is 0. The van der Waals surface area contributed by atoms with Gasteiger partial charge in [0.1, 0.15) is 5.01 Å². The molecule has 3 aromatic rings. The Kier molecular flexibility index (Phi) is 6.83. The van der Waals surface area contributed by atoms with Crippen LogP contribution in [0.4, 0.5) is 5.69 Å². The summed E-state index contributed by atoms with van der Waals surface area (Å²) < 4.78 is 5.82. The average molecular weight is 480 g/mol. The lowest BCUT2D eigenvalue weighted by Crippen LogP contribution is -2.21. The predicted molar refractivity (Wildman–Crippen MR) is 115 cm³/mol. The summed E-state index contributed by atoms with van der Waals surface area (Å²) in [6.45, 7) is 1.60. The molecule has 0 spiro atoms. The number of carbonyl (C=O) groups excluding carboxylic acids is 2. The van der Waals surface area contributed by atoms with E-state index in [2.05, 4.69) is 26.2 Å². The highest BCUT2D eigenvalue weighted by Crippen LogP contribution is 2.25. The third-order valence-electron chi connectivity index (χ3n) is 3.73. The number of thiazole rings is 1. The highest BCUT2D eigenvalue weighted by molar-refractivity contribution is 9.10. The number of aromatic nitrogens is 1. The van der Waals surface area contributed by atoms with Gasteiger partial charge in [-0.2, -0.15) is 0 Å². The minimum atomic E-state index is -0.508. The van der Waals surface area contributed by atoms with Crippen molar-refractivity contribution in [3.8, 4) is 10.6 Å². The number of carbonyl (C=O) groups is 2. The van der Waals surface area contributed by atoms with Crippen molar-refractivity contribution < 1.29 is 14.3 Å². The quantitative estimate of drug-likeness (QED) is 0.490. The van der Waals surface area contributed by atoms with Crippen molar-refractivity contribution in [1.29, 1.82) is 0 Å². The first-order chi connectivity index (χ1) is 13.4. The molecule has 144 valence electrons. The van der Waals surface area contributed by atoms with Crippen LogP contribution in [0.1, 0.15) is 11.3 Å². The number of hydrogen-bond acceptors (Lipinski definition) is 5. The van der Waals surface area contributed by atoms with Crippen LogP contribution in [0.5, 0.6) is 0 Å². The van der Waals surface area contributed by atoms with Crippen molar-refractivity contribution >= 4 is 56.4 Å². The number of nitrogens with zero attached hydrogens (tertiary/aromatic N) is 1. The van der Waals surface area contributed by atoms with E-state index >= 15 is 0 Å². The zero-order valence-electron chi connectivity index (χ0n) is 14.9. The fourth-order valence-electron chi connectivity index (χ4n) is 2.37. The first-order valence-corrected chi connectivity index (χ1v) is 10.4. The van der Waals surface area contributed by atoms with Gasteiger partial charge in [0.2, 0.25) is 0 Å². The second-order valence-corrected chi connectivity index (χ2v) is 8.17. The van der Waals surface area contributed by atoms with Crippen molar-refractivity contribution in [2.45, 2.75) is 13.3 Å². The Morgan fingerprint density at radius 2 is 1.96 bits per heavy atom. The van der Waals surface area contributed by atoms with Crippen LogP contribution in [-0.4, -0.2) is 23.5 Å². The van der Waals surface area contributed by atoms with Gasteiger partial charge in [0.15, 0.2) is 6.61 Å². The van der Waals surface area contributed by atoms with E-state index in [4.69, 9.17) is 16.3 Å². The van der Waals surface area contributed by atoms with Crippen molar-refractivity contribution in [2.75, 3.05) is 11.9 Å². The first kappa shape index (κ1) is 20.5. The Hall–Kier alpha value is -2.22. The number of ether oxygens (including phenoxy) is 1. The molecular weight excluding hydrogens is 464 g/mol. The van der Waals surface area contributed by atoms with Gasteiger partial charge in [-0.1, -0.05) is 29.8 Å². The molecule has 0 aliphatic carbocycles. The average Bonchev–Trinajstić information content (AvgIpc) is 3.11. The van der Waals surface area contributed by atoms with Gasteiger partial charge >= 0.3 is 5.97 Å². The molecule has 0 radical (unpaired) electrons. The molecule has 28 heavy (non-hydrogen) atoms. The Morgan fingerprint density at radius 3 is 2.68 bits per heavy atom. The topological polar surface area (TPSA) is 68.3 Å². The van der Waals surface area contributed by atoms with E-state index in [0.717, 1.165) is 20.6 Å². The highest BCUT2D eigenvalue weighted by atomic mass is 79.9. The summed E-state index contributed by atoms with van der Waals surface area (Å²) >= 11 is 10.7. The standard InChI is InChI=1S/C20H16BrClN2O3S/c1-12-2-7-17(16(21)8-12)24-18(25)10-27-19(26)9-15-11-28-20(23-15)13-3-5-14(22)6-4-13/h2-8,11H,9-10H2,1H3,(H,24,25). The van der Waals surface area contributed by atoms with E-state index in [9.17, 15) is 9.59 Å². The molecule has 5 nitrogen and oxygen atoms in total. The fraction of sp³-hybridized carbons (Fsp3) is 0.150. The Labute approximate surface area is 179 Å². The molecule has 1 heterocycles. The van der Waals surface area contributed by atoms with Gasteiger partial charge in [-0.25, -0.2) is 4.98 Å². The largest absolute Gasteiger partial charge is 0.455 e. The molecule has 1 N–H and O–H groups in total. The molecule has 0 atom stereocenters. The molecule has 2 aromatic carbocycles. The molecular formula is C20H16BrClN2O3S. The summed E-state index contributed by atoms with van der Waals surface area (Å²) in [5.74, 6) is -0.913. The van der Waals surface area contributed by atoms with Crippen molar-refractivity contribution in [1.82, 2.24) is 4.98 Å². The summed E-state index contributed by atoms with van der Waals surface area (Å²) in [5.41, 5.74) is 3.22. The molecule has 0 saturated heterocycles. The first-order valence-electron chi connectivity index (χ1n) is 8.32. The van der Waals surface area contributed by atoms with E-state index in [-0.39, 0.29) is 13.0 Å². The molecule has 3 rings (SSSR count). The van der Waals surface area contributed by atoms with Gasteiger partial charge in [-0.05, 0) is 52.7 Å². The van der Waals surface area contributed by atoms with Gasteiger partial charge in [-0.3, -0.25) is 9.59 Å². The monoisotopic (exact) mass is 478 g/mol. The molecule has 0 aliphatic heterocycles. The summed E-state index contributed by atoms with van der Waals surface area (Å²) in [5, 5.41) is 5.95. The van der Waals surface area contributed by atoms with Crippen molar-refractivity contribution in [3.05, 3.63) is 68.6 Å². The summed E-state index contributed by atoms with van der Waals surface area (Å²) in [6, 6.07) is 12.9. The van der Waals surface area contributed by atoms with Gasteiger partial charge in [0.25, 0.3) is 5.91 Å². The molecule has 0 saturated carbocycles. The molecule has 0 aliphatic rings. The van der Waals surface area contributed by atoms with E-state index in [0.29, 0.717) is 16.4 Å². The number of aryl methyl sites for hydroxylation is 1. The van der Waals surface area contributed by atoms with Crippen molar-refractivity contribution in [3.63, 3.8) is 0 Å². The van der Waals surface area contributed by atoms with E-state index in [1.807, 2.05) is 31.2 Å². The number of rotatable bonds is 6. The normalized spacial score (nSPS) is 10.5. The van der Waals surface area contributed by atoms with Crippen LogP contribution in [0.15, 0.2) is 52.3 Å². The minimum Gasteiger partial charge on any atom is -0.455 e. The van der Waals surface area contributed by atoms with E-state index < -0.39 is 11.9 Å². The molecule has 0 fully saturated rings. The van der Waals surface area contributed by atoms with Crippen LogP contribution < -0.4 is 5.32 Å². The van der Waals surface area contributed by atoms with Gasteiger partial charge in [0.05, 0.1) is 17.8 Å². The maximum Gasteiger partial charge on any atom is 0.312 e. The number of anilines is 1. The zero-order valence-corrected chi connectivity index (χ0v) is 18.0. The van der Waals surface area contributed by atoms with E-state index in [1.54, 1.807) is 23.6 Å². The maximum atomic E-state index is 12.0. The SMILES string of the molecule is Cc1ccc(NC(=O)COC(=O)Cc2csc(-c3ccc(Cl)cc3)n2)c(Br)c1. The maximum absolute atomic E-state index is 12.0. The Bertz CT molecular complexity index is 1000. The number of amides is 1. The summed E-state index contributed by atoms with van der Waals surface area (Å²) in [6.07, 6.45) is 0.00555. The summed E-state index contributed by atoms with van der Waals surface area (Å²) in [4.78, 5) is 28.4. The van der Waals surface area contributed by atoms with Crippen LogP contribution in [0, 0.1) is 6.92 Å². The predicted octanol–water partition coefficient (Wildman–Crippen LogP) is 5.26. The van der Waals surface area contributed by atoms with Crippen LogP contribution in [0.3, 0.4) is 0 Å². The second-order valence-electron chi connectivity index (χ2n) is 6.02. The fourth-order valence-corrected chi connectivity index (χ4v) is 3.91. The van der Waals surface area contributed by atoms with Crippen LogP contribution in [0.2, 0.25) is 5.02 Å². The lowest BCUT2D eigenvalue weighted by Gasteiger charge is -2.08. The van der Waals surface area contributed by atoms with E-state index in [1.165, 1.54) is 11.3 Å². The third-order valence-corrected chi connectivity index (χ3v) is 5.58. The number of nitrogens with one attached hydrogen (secondary N) is 1. The molecule has 0 bridgehead atoms. The molecule has 1 amide bonds. The minimum absolute atomic E-state index is 0.00555. The third kappa shape index (κ3) is 5.64. The van der Waals surface area contributed by atoms with Crippen LogP contribution >= 0.6 is 38.9 Å². The molecule has 1 aromatic heterocycles. The number of benzene rings is 2. The van der Waals surface area contributed by atoms with Crippen molar-refractivity contribution in [2.24, 2.45) is 0 Å². The van der Waals surface area contributed by atoms with Crippen LogP contribution in [-0.2, 0) is 20.7 Å².